The van der Waals surface area contributed by atoms with Gasteiger partial charge >= 0.3 is 6.09 Å². The van der Waals surface area contributed by atoms with Crippen LogP contribution in [0.4, 0.5) is 4.79 Å². The van der Waals surface area contributed by atoms with Crippen LogP contribution in [-0.4, -0.2) is 118 Å². The Labute approximate surface area is 300 Å². The molecule has 0 aliphatic carbocycles. The molecule has 272 valence electrons. The molecule has 6 rings (SSSR count). The average molecular weight is 709 g/mol. The van der Waals surface area contributed by atoms with Crippen LogP contribution in [0.15, 0.2) is 18.2 Å². The van der Waals surface area contributed by atoms with Crippen molar-refractivity contribution in [1.82, 2.24) is 29.0 Å². The molecule has 5 aliphatic heterocycles. The molecule has 0 aromatic heterocycles. The highest BCUT2D eigenvalue weighted by atomic mass is 32.2. The van der Waals surface area contributed by atoms with Crippen LogP contribution in [0.25, 0.3) is 0 Å². The lowest BCUT2D eigenvalue weighted by molar-refractivity contribution is -0.136. The van der Waals surface area contributed by atoms with E-state index in [-0.39, 0.29) is 36.5 Å². The van der Waals surface area contributed by atoms with Crippen molar-refractivity contribution in [3.8, 4) is 11.8 Å². The number of piperidine rings is 4. The molecule has 5 heterocycles. The molecule has 4 saturated heterocycles. The summed E-state index contributed by atoms with van der Waals surface area (Å²) in [4.78, 5) is 53.3. The number of rotatable bonds is 8. The highest BCUT2D eigenvalue weighted by Gasteiger charge is 2.39. The van der Waals surface area contributed by atoms with E-state index >= 15 is 0 Å². The molecule has 0 spiro atoms. The highest BCUT2D eigenvalue weighted by Crippen LogP contribution is 2.31. The molecule has 0 radical (unpaired) electrons. The molecule has 0 saturated carbocycles. The second kappa shape index (κ2) is 16.5. The number of nitrogens with one attached hydrogen (secondary N) is 2. The summed E-state index contributed by atoms with van der Waals surface area (Å²) < 4.78 is 16.5. The molecule has 1 aromatic rings. The quantitative estimate of drug-likeness (QED) is 0.236. The minimum Gasteiger partial charge on any atom is -0.444 e. The Morgan fingerprint density at radius 1 is 0.960 bits per heavy atom. The van der Waals surface area contributed by atoms with E-state index in [0.717, 1.165) is 88.5 Å². The number of carbonyl (C=O) groups excluding carboxylic acids is 4. The summed E-state index contributed by atoms with van der Waals surface area (Å²) in [5.74, 6) is 6.21. The van der Waals surface area contributed by atoms with Crippen LogP contribution in [0.2, 0.25) is 0 Å². The third kappa shape index (κ3) is 9.79. The van der Waals surface area contributed by atoms with Crippen LogP contribution in [0.5, 0.6) is 0 Å². The summed E-state index contributed by atoms with van der Waals surface area (Å²) in [5, 5.41) is 5.38. The van der Waals surface area contributed by atoms with Crippen molar-refractivity contribution in [3.63, 3.8) is 0 Å². The van der Waals surface area contributed by atoms with Crippen molar-refractivity contribution >= 4 is 35.9 Å². The first-order chi connectivity index (χ1) is 24.0. The van der Waals surface area contributed by atoms with Gasteiger partial charge in [-0.25, -0.2) is 13.4 Å². The van der Waals surface area contributed by atoms with E-state index < -0.39 is 17.6 Å². The second-order valence-electron chi connectivity index (χ2n) is 15.1. The molecule has 1 unspecified atom stereocenters. The van der Waals surface area contributed by atoms with Crippen LogP contribution in [0.1, 0.15) is 93.6 Å². The fourth-order valence-corrected chi connectivity index (χ4v) is 8.58. The zero-order valence-electron chi connectivity index (χ0n) is 29.7. The van der Waals surface area contributed by atoms with Gasteiger partial charge in [-0.2, -0.15) is 0 Å². The minimum absolute atomic E-state index is 0.180. The zero-order chi connectivity index (χ0) is 35.3. The smallest absolute Gasteiger partial charge is 0.407 e. The van der Waals surface area contributed by atoms with Crippen molar-refractivity contribution in [2.24, 2.45) is 5.92 Å². The van der Waals surface area contributed by atoms with Crippen molar-refractivity contribution in [1.29, 1.82) is 0 Å². The van der Waals surface area contributed by atoms with Gasteiger partial charge in [-0.1, -0.05) is 17.9 Å². The Morgan fingerprint density at radius 2 is 1.66 bits per heavy atom. The van der Waals surface area contributed by atoms with Gasteiger partial charge in [-0.3, -0.25) is 19.7 Å². The number of hydrogen-bond donors (Lipinski definition) is 2. The third-order valence-electron chi connectivity index (χ3n) is 10.2. The highest BCUT2D eigenvalue weighted by molar-refractivity contribution is 7.94. The SMILES string of the molecule is CC(C)(C)OC(=O)NC1CCN(SN2CCC(CN3CCC(OCC#Cc4cccc5c4CN(C4CCC(=O)NC4=O)C5=O)CC3)CC2)CC1. The van der Waals surface area contributed by atoms with Crippen molar-refractivity contribution < 1.29 is 28.7 Å². The number of alkyl carbamates (subject to hydrolysis) is 1. The van der Waals surface area contributed by atoms with Gasteiger partial charge in [0.15, 0.2) is 0 Å². The largest absolute Gasteiger partial charge is 0.444 e. The van der Waals surface area contributed by atoms with Gasteiger partial charge in [0, 0.05) is 88.1 Å². The molecule has 5 aliphatic rings. The topological polar surface area (TPSA) is 124 Å². The molecule has 4 amide bonds. The molecule has 12 nitrogen and oxygen atoms in total. The van der Waals surface area contributed by atoms with Crippen LogP contribution >= 0.6 is 12.1 Å². The van der Waals surface area contributed by atoms with Gasteiger partial charge < -0.3 is 24.6 Å². The second-order valence-corrected chi connectivity index (χ2v) is 16.3. The van der Waals surface area contributed by atoms with E-state index in [1.165, 1.54) is 12.8 Å². The number of ether oxygens (including phenoxy) is 2. The van der Waals surface area contributed by atoms with Gasteiger partial charge in [-0.05, 0) is 89.3 Å². The summed E-state index contributed by atoms with van der Waals surface area (Å²) in [6.07, 6.45) is 6.80. The molecule has 4 fully saturated rings. The van der Waals surface area contributed by atoms with Crippen LogP contribution in [0.3, 0.4) is 0 Å². The zero-order valence-corrected chi connectivity index (χ0v) is 30.5. The van der Waals surface area contributed by atoms with Crippen molar-refractivity contribution in [3.05, 3.63) is 34.9 Å². The molecule has 1 aromatic carbocycles. The molecule has 2 N–H and O–H groups in total. The van der Waals surface area contributed by atoms with Gasteiger partial charge in [0.1, 0.15) is 18.2 Å². The van der Waals surface area contributed by atoms with Gasteiger partial charge in [0.05, 0.1) is 6.10 Å². The summed E-state index contributed by atoms with van der Waals surface area (Å²) >= 11 is 1.88. The summed E-state index contributed by atoms with van der Waals surface area (Å²) in [5.41, 5.74) is 1.72. The molecule has 13 heteroatoms. The Kier molecular flexibility index (Phi) is 12.1. The first-order valence-electron chi connectivity index (χ1n) is 18.3. The summed E-state index contributed by atoms with van der Waals surface area (Å²) in [7, 11) is 0. The minimum atomic E-state index is -0.633. The van der Waals surface area contributed by atoms with Crippen LogP contribution < -0.4 is 10.6 Å². The number of fused-ring (bicyclic) bond motifs is 1. The number of nitrogens with zero attached hydrogens (tertiary/aromatic N) is 4. The average Bonchev–Trinajstić information content (AvgIpc) is 3.41. The van der Waals surface area contributed by atoms with Gasteiger partial charge in [0.2, 0.25) is 11.8 Å². The Morgan fingerprint density at radius 3 is 2.34 bits per heavy atom. The van der Waals surface area contributed by atoms with Gasteiger partial charge in [-0.15, -0.1) is 0 Å². The summed E-state index contributed by atoms with van der Waals surface area (Å²) in [6.45, 7) is 13.7. The van der Waals surface area contributed by atoms with E-state index in [4.69, 9.17) is 9.47 Å². The van der Waals surface area contributed by atoms with Crippen molar-refractivity contribution in [2.45, 2.75) is 102 Å². The monoisotopic (exact) mass is 708 g/mol. The molecular formula is C37H52N6O6S. The first kappa shape index (κ1) is 36.6. The lowest BCUT2D eigenvalue weighted by Crippen LogP contribution is -2.52. The van der Waals surface area contributed by atoms with E-state index in [9.17, 15) is 19.2 Å². The van der Waals surface area contributed by atoms with E-state index in [1.807, 2.05) is 45.0 Å². The maximum atomic E-state index is 13.1. The summed E-state index contributed by atoms with van der Waals surface area (Å²) in [6, 6.07) is 5.06. The molecule has 50 heavy (non-hydrogen) atoms. The Hall–Kier alpha value is -3.15. The van der Waals surface area contributed by atoms with E-state index in [0.29, 0.717) is 25.1 Å². The lowest BCUT2D eigenvalue weighted by atomic mass is 9.96. The molecule has 0 bridgehead atoms. The molecule has 1 atom stereocenters. The van der Waals surface area contributed by atoms with Gasteiger partial charge in [0.25, 0.3) is 5.91 Å². The number of likely N-dealkylation sites (tertiary alicyclic amines) is 1. The fourth-order valence-electron chi connectivity index (χ4n) is 7.51. The maximum absolute atomic E-state index is 13.1. The van der Waals surface area contributed by atoms with Crippen LogP contribution in [0, 0.1) is 17.8 Å². The van der Waals surface area contributed by atoms with E-state index in [1.54, 1.807) is 11.0 Å². The Bertz CT molecular complexity index is 1460. The predicted molar refractivity (Wildman–Crippen MR) is 191 cm³/mol. The normalized spacial score (nSPS) is 23.7. The number of hydrogen-bond acceptors (Lipinski definition) is 10. The standard InChI is InChI=1S/C37H52N6O6S/c1-37(2,3)49-36(47)38-28-13-21-42(22-14-28)50-41-19-11-26(12-20-41)24-40-17-15-29(16-18-40)48-23-5-7-27-6-4-8-30-31(27)25-43(35(30)46)32-9-10-33(44)39-34(32)45/h4,6,8,26,28-29,32H,9-25H2,1-3H3,(H,38,47)(H,39,44,45). The van der Waals surface area contributed by atoms with Crippen LogP contribution in [-0.2, 0) is 25.6 Å². The van der Waals surface area contributed by atoms with Crippen molar-refractivity contribution in [2.75, 3.05) is 52.4 Å². The Balaban J connectivity index is 0.854. The lowest BCUT2D eigenvalue weighted by Gasteiger charge is -2.39. The fraction of sp³-hybridized carbons (Fsp3) is 0.676. The third-order valence-corrected chi connectivity index (χ3v) is 11.4. The predicted octanol–water partition coefficient (Wildman–Crippen LogP) is 3.54. The number of imide groups is 1. The number of benzene rings is 1. The molecular weight excluding hydrogens is 657 g/mol. The maximum Gasteiger partial charge on any atom is 0.407 e. The number of amides is 4. The first-order valence-corrected chi connectivity index (χ1v) is 19.0. The number of carbonyl (C=O) groups is 4. The van der Waals surface area contributed by atoms with E-state index in [2.05, 4.69) is 36.0 Å².